The first kappa shape index (κ1) is 39.7. The molecule has 0 aliphatic heterocycles. The molecule has 0 aromatic heterocycles. The Morgan fingerprint density at radius 3 is 0.774 bits per heavy atom. The SMILES string of the molecule is C[C@@H](C(=O)[O-])N(CC(=O)[O-])CC(=O)[O-].C[C@@H](C(=O)[O-])N(CC(=O)[O-])CC(=O)[O-].[Mn+2].[Mn+2].[Mn+2]. The second-order valence-electron chi connectivity index (χ2n) is 5.29. The molecule has 0 fully saturated rings. The minimum absolute atomic E-state index is 0. The van der Waals surface area contributed by atoms with Crippen LogP contribution >= 0.6 is 0 Å². The molecule has 0 aliphatic carbocycles. The van der Waals surface area contributed by atoms with Crippen molar-refractivity contribution in [1.82, 2.24) is 9.80 Å². The van der Waals surface area contributed by atoms with Gasteiger partial charge in [-0.05, 0) is 13.8 Å². The van der Waals surface area contributed by atoms with Crippen LogP contribution in [-0.4, -0.2) is 83.9 Å². The molecule has 31 heavy (non-hydrogen) atoms. The van der Waals surface area contributed by atoms with Gasteiger partial charge in [-0.1, -0.05) is 0 Å². The molecule has 0 bridgehead atoms. The number of hydrogen-bond acceptors (Lipinski definition) is 14. The van der Waals surface area contributed by atoms with Gasteiger partial charge in [0, 0.05) is 38.3 Å². The van der Waals surface area contributed by atoms with Gasteiger partial charge in [-0.25, -0.2) is 0 Å². The summed E-state index contributed by atoms with van der Waals surface area (Å²) in [5.41, 5.74) is 0. The van der Waals surface area contributed by atoms with Gasteiger partial charge in [-0.2, -0.15) is 0 Å². The number of nitrogens with zero attached hydrogens (tertiary/aromatic N) is 2. The van der Waals surface area contributed by atoms with Crippen molar-refractivity contribution in [2.75, 3.05) is 26.2 Å². The van der Waals surface area contributed by atoms with Gasteiger partial charge < -0.3 is 59.4 Å². The molecule has 0 aromatic carbocycles. The van der Waals surface area contributed by atoms with E-state index in [0.29, 0.717) is 9.80 Å². The van der Waals surface area contributed by atoms with Crippen molar-refractivity contribution in [3.63, 3.8) is 0 Å². The third-order valence-electron chi connectivity index (χ3n) is 3.11. The molecule has 0 N–H and O–H groups in total. The Morgan fingerprint density at radius 2 is 0.677 bits per heavy atom. The zero-order valence-corrected chi connectivity index (χ0v) is 19.5. The summed E-state index contributed by atoms with van der Waals surface area (Å²) in [6, 6.07) is -2.66. The Balaban J connectivity index is -0.000000133. The van der Waals surface area contributed by atoms with Crippen LogP contribution in [0.25, 0.3) is 0 Å². The average Bonchev–Trinajstić information content (AvgIpc) is 2.50. The summed E-state index contributed by atoms with van der Waals surface area (Å²) in [6.45, 7) is -0.985. The van der Waals surface area contributed by atoms with Gasteiger partial charge in [0.05, 0.1) is 35.8 Å². The maximum atomic E-state index is 10.3. The zero-order chi connectivity index (χ0) is 22.6. The Kier molecular flexibility index (Phi) is 25.9. The third kappa shape index (κ3) is 21.3. The first-order valence-electron chi connectivity index (χ1n) is 7.38. The fraction of sp³-hybridized carbons (Fsp3) is 0.571. The summed E-state index contributed by atoms with van der Waals surface area (Å²) in [5, 5.41) is 61.2. The van der Waals surface area contributed by atoms with Gasteiger partial charge in [-0.15, -0.1) is 0 Å². The summed E-state index contributed by atoms with van der Waals surface area (Å²) in [4.78, 5) is 62.5. The largest absolute Gasteiger partial charge is 2.00 e. The molecule has 0 unspecified atom stereocenters. The van der Waals surface area contributed by atoms with Crippen LogP contribution in [0.2, 0.25) is 0 Å². The van der Waals surface area contributed by atoms with E-state index < -0.39 is 74.1 Å². The molecule has 0 saturated heterocycles. The van der Waals surface area contributed by atoms with E-state index in [2.05, 4.69) is 0 Å². The fourth-order valence-corrected chi connectivity index (χ4v) is 1.62. The molecule has 2 atom stereocenters. The van der Waals surface area contributed by atoms with Crippen molar-refractivity contribution in [2.45, 2.75) is 25.9 Å². The molecular weight excluding hydrogens is 553 g/mol. The third-order valence-corrected chi connectivity index (χ3v) is 3.11. The topological polar surface area (TPSA) is 247 Å². The summed E-state index contributed by atoms with van der Waals surface area (Å²) >= 11 is 0. The van der Waals surface area contributed by atoms with Crippen molar-refractivity contribution < 1.29 is 111 Å². The number of rotatable bonds is 12. The van der Waals surface area contributed by atoms with Crippen LogP contribution in [0.3, 0.4) is 0 Å². The maximum absolute atomic E-state index is 10.3. The van der Waals surface area contributed by atoms with E-state index in [-0.39, 0.29) is 51.2 Å². The molecule has 0 spiro atoms. The van der Waals surface area contributed by atoms with E-state index in [4.69, 9.17) is 0 Å². The first-order valence-corrected chi connectivity index (χ1v) is 7.38. The zero-order valence-electron chi connectivity index (χ0n) is 15.9. The predicted octanol–water partition coefficient (Wildman–Crippen LogP) is -10.2. The van der Waals surface area contributed by atoms with Crippen LogP contribution in [0.4, 0.5) is 0 Å². The van der Waals surface area contributed by atoms with Crippen molar-refractivity contribution in [3.05, 3.63) is 0 Å². The van der Waals surface area contributed by atoms with Crippen LogP contribution < -0.4 is 30.6 Å². The van der Waals surface area contributed by atoms with Gasteiger partial charge in [0.1, 0.15) is 0 Å². The van der Waals surface area contributed by atoms with Crippen molar-refractivity contribution in [1.29, 1.82) is 0 Å². The Hall–Kier alpha value is -1.70. The van der Waals surface area contributed by atoms with Crippen LogP contribution in [0.1, 0.15) is 13.8 Å². The quantitative estimate of drug-likeness (QED) is 0.198. The molecule has 0 rings (SSSR count). The number of carbonyl (C=O) groups is 6. The monoisotopic (exact) mass is 569 g/mol. The second-order valence-corrected chi connectivity index (χ2v) is 5.29. The summed E-state index contributed by atoms with van der Waals surface area (Å²) in [6.07, 6.45) is 0. The summed E-state index contributed by atoms with van der Waals surface area (Å²) < 4.78 is 0. The molecule has 0 amide bonds. The summed E-state index contributed by atoms with van der Waals surface area (Å²) in [7, 11) is 0. The first-order chi connectivity index (χ1) is 12.7. The Morgan fingerprint density at radius 1 is 0.516 bits per heavy atom. The van der Waals surface area contributed by atoms with E-state index in [0.717, 1.165) is 13.8 Å². The number of carboxylic acids is 6. The van der Waals surface area contributed by atoms with Gasteiger partial charge in [-0.3, -0.25) is 9.80 Å². The van der Waals surface area contributed by atoms with Gasteiger partial charge in [0.2, 0.25) is 0 Å². The van der Waals surface area contributed by atoms with Gasteiger partial charge in [0.15, 0.2) is 0 Å². The van der Waals surface area contributed by atoms with Crippen LogP contribution in [-0.2, 0) is 80.0 Å². The molecule has 0 aliphatic rings. The summed E-state index contributed by atoms with van der Waals surface area (Å²) in [5.74, 6) is -9.41. The Bertz CT molecular complexity index is 535. The van der Waals surface area contributed by atoms with Gasteiger partial charge in [0.25, 0.3) is 0 Å². The molecule has 175 valence electrons. The molecule has 0 saturated carbocycles. The minimum Gasteiger partial charge on any atom is -0.549 e. The number of carboxylic acid groups (broad SMARTS) is 6. The van der Waals surface area contributed by atoms with Crippen molar-refractivity contribution in [3.8, 4) is 0 Å². The molecular formula is C14H16Mn3N2O12. The number of carbonyl (C=O) groups excluding carboxylic acids is 6. The van der Waals surface area contributed by atoms with Crippen LogP contribution in [0, 0.1) is 0 Å². The average molecular weight is 569 g/mol. The predicted molar refractivity (Wildman–Crippen MR) is 72.1 cm³/mol. The molecule has 0 heterocycles. The fourth-order valence-electron chi connectivity index (χ4n) is 1.62. The normalized spacial score (nSPS) is 11.2. The van der Waals surface area contributed by atoms with E-state index in [1.807, 2.05) is 0 Å². The van der Waals surface area contributed by atoms with Crippen molar-refractivity contribution in [2.24, 2.45) is 0 Å². The van der Waals surface area contributed by atoms with E-state index in [1.54, 1.807) is 0 Å². The van der Waals surface area contributed by atoms with Crippen LogP contribution in [0.15, 0.2) is 0 Å². The van der Waals surface area contributed by atoms with E-state index in [1.165, 1.54) is 0 Å². The minimum atomic E-state index is -1.57. The smallest absolute Gasteiger partial charge is 0.549 e. The van der Waals surface area contributed by atoms with E-state index in [9.17, 15) is 59.4 Å². The van der Waals surface area contributed by atoms with Gasteiger partial charge >= 0.3 is 51.2 Å². The molecule has 0 aromatic rings. The standard InChI is InChI=1S/2C7H11NO6.3Mn/c2*1-4(7(13)14)8(2-5(9)10)3-6(11)12;;;/h2*4H,2-3H2,1H3,(H,9,10)(H,11,12)(H,13,14);;;/q;;3*+2/p-6/t2*4-;;;/m00.../s1. The second kappa shape index (κ2) is 20.2. The maximum Gasteiger partial charge on any atom is 2.00 e. The number of hydrogen-bond donors (Lipinski definition) is 0. The molecule has 17 heteroatoms. The molecule has 14 nitrogen and oxygen atoms in total. The van der Waals surface area contributed by atoms with Crippen LogP contribution in [0.5, 0.6) is 0 Å². The van der Waals surface area contributed by atoms with E-state index >= 15 is 0 Å². The van der Waals surface area contributed by atoms with Crippen molar-refractivity contribution >= 4 is 35.8 Å². The Labute approximate surface area is 208 Å². The number of aliphatic carboxylic acids is 6. The molecule has 3 radical (unpaired) electrons.